The Morgan fingerprint density at radius 2 is 1.69 bits per heavy atom. The molecule has 1 N–H and O–H groups in total. The van der Waals surface area contributed by atoms with Gasteiger partial charge in [0, 0.05) is 54.2 Å². The monoisotopic (exact) mass is 975 g/mol. The molecule has 2 aromatic carbocycles. The molecule has 7 aromatic rings. The fraction of sp³-hybridized carbons (Fsp3) is 0.327. The first-order valence-electron chi connectivity index (χ1n) is 22.6. The number of hydrogen-bond donors (Lipinski definition) is 1. The smallest absolute Gasteiger partial charge is 0.461 e. The van der Waals surface area contributed by atoms with Crippen LogP contribution in [-0.4, -0.2) is 99.6 Å². The van der Waals surface area contributed by atoms with E-state index in [1.54, 1.807) is 55.8 Å². The lowest BCUT2D eigenvalue weighted by Gasteiger charge is -2.33. The van der Waals surface area contributed by atoms with Crippen LogP contribution in [-0.2, 0) is 29.0 Å². The van der Waals surface area contributed by atoms with Crippen molar-refractivity contribution in [2.24, 2.45) is 0 Å². The van der Waals surface area contributed by atoms with E-state index in [4.69, 9.17) is 14.5 Å². The van der Waals surface area contributed by atoms with Crippen molar-refractivity contribution in [3.63, 3.8) is 0 Å². The zero-order valence-electron chi connectivity index (χ0n) is 38.8. The van der Waals surface area contributed by atoms with Gasteiger partial charge in [0.2, 0.25) is 5.95 Å². The number of nitrogens with zero attached hydrogens (tertiary/aromatic N) is 10. The molecule has 7 heterocycles. The van der Waals surface area contributed by atoms with E-state index in [1.807, 2.05) is 22.8 Å². The molecule has 71 heavy (non-hydrogen) atoms. The SMILES string of the molecule is CCOC(=O)c1nc(Nc2ccc(OC(F)(F)F)cc2)nc2c1n(-c1ccc(C(=O)N3CCc4c(n(Cc5ccc(C#N)cc5F)c5ncccc45)C3)nc1)c(=O)n2C1CCN(C(=O)OC(C)(C)C)CC1. The maximum atomic E-state index is 15.2. The van der Waals surface area contributed by atoms with Gasteiger partial charge >= 0.3 is 24.1 Å². The Labute approximate surface area is 402 Å². The van der Waals surface area contributed by atoms with Gasteiger partial charge in [0.05, 0.1) is 43.2 Å². The van der Waals surface area contributed by atoms with E-state index in [0.717, 1.165) is 28.8 Å². The summed E-state index contributed by atoms with van der Waals surface area (Å²) in [4.78, 5) is 77.5. The molecule has 18 nitrogen and oxygen atoms in total. The minimum absolute atomic E-state index is 0.00154. The van der Waals surface area contributed by atoms with Gasteiger partial charge in [-0.3, -0.25) is 13.9 Å². The van der Waals surface area contributed by atoms with Crippen molar-refractivity contribution in [3.05, 3.63) is 129 Å². The predicted octanol–water partition coefficient (Wildman–Crippen LogP) is 7.98. The van der Waals surface area contributed by atoms with Crippen LogP contribution in [0.3, 0.4) is 0 Å². The summed E-state index contributed by atoms with van der Waals surface area (Å²) in [5, 5.41) is 13.1. The number of carbonyl (C=O) groups is 3. The van der Waals surface area contributed by atoms with Crippen LogP contribution >= 0.6 is 0 Å². The molecule has 1 saturated heterocycles. The van der Waals surface area contributed by atoms with Crippen molar-refractivity contribution in [2.75, 3.05) is 31.6 Å². The molecular weight excluding hydrogens is 931 g/mol. The highest BCUT2D eigenvalue weighted by atomic mass is 19.4. The van der Waals surface area contributed by atoms with Gasteiger partial charge in [0.1, 0.15) is 34.0 Å². The molecule has 9 rings (SSSR count). The maximum Gasteiger partial charge on any atom is 0.573 e. The fourth-order valence-corrected chi connectivity index (χ4v) is 8.91. The number of pyridine rings is 2. The minimum atomic E-state index is -4.92. The molecule has 366 valence electrons. The van der Waals surface area contributed by atoms with Gasteiger partial charge in [0.15, 0.2) is 11.3 Å². The van der Waals surface area contributed by atoms with Crippen LogP contribution in [0.4, 0.5) is 34.0 Å². The summed E-state index contributed by atoms with van der Waals surface area (Å²) in [6, 6.07) is 17.1. The second kappa shape index (κ2) is 18.9. The van der Waals surface area contributed by atoms with E-state index in [0.29, 0.717) is 24.2 Å². The molecule has 2 aliphatic heterocycles. The van der Waals surface area contributed by atoms with Gasteiger partial charge < -0.3 is 33.9 Å². The van der Waals surface area contributed by atoms with Crippen LogP contribution in [0.5, 0.6) is 5.75 Å². The number of anilines is 2. The molecule has 2 amide bonds. The fourth-order valence-electron chi connectivity index (χ4n) is 8.91. The lowest BCUT2D eigenvalue weighted by Crippen LogP contribution is -2.43. The van der Waals surface area contributed by atoms with E-state index in [2.05, 4.69) is 25.0 Å². The summed E-state index contributed by atoms with van der Waals surface area (Å²) in [5.74, 6) is -2.55. The van der Waals surface area contributed by atoms with Gasteiger partial charge in [-0.2, -0.15) is 10.2 Å². The van der Waals surface area contributed by atoms with Crippen molar-refractivity contribution in [3.8, 4) is 17.5 Å². The molecule has 1 fully saturated rings. The van der Waals surface area contributed by atoms with Gasteiger partial charge in [-0.05, 0) is 113 Å². The minimum Gasteiger partial charge on any atom is -0.461 e. The number of ether oxygens (including phenoxy) is 3. The third kappa shape index (κ3) is 9.79. The molecule has 0 unspecified atom stereocenters. The van der Waals surface area contributed by atoms with E-state index < -0.39 is 53.2 Å². The van der Waals surface area contributed by atoms with E-state index in [-0.39, 0.29) is 91.1 Å². The first-order chi connectivity index (χ1) is 33.9. The second-order valence-electron chi connectivity index (χ2n) is 17.9. The number of rotatable bonds is 10. The highest BCUT2D eigenvalue weighted by Gasteiger charge is 2.35. The number of nitriles is 1. The van der Waals surface area contributed by atoms with Crippen LogP contribution < -0.4 is 15.7 Å². The van der Waals surface area contributed by atoms with Crippen LogP contribution in [0.15, 0.2) is 83.9 Å². The van der Waals surface area contributed by atoms with Crippen LogP contribution in [0, 0.1) is 17.1 Å². The molecule has 0 saturated carbocycles. The molecule has 22 heteroatoms. The van der Waals surface area contributed by atoms with Gasteiger partial charge in [-0.25, -0.2) is 33.7 Å². The summed E-state index contributed by atoms with van der Waals surface area (Å²) in [6.45, 7) is 7.80. The van der Waals surface area contributed by atoms with Gasteiger partial charge in [-0.1, -0.05) is 6.07 Å². The Balaban J connectivity index is 1.07. The summed E-state index contributed by atoms with van der Waals surface area (Å²) >= 11 is 0. The highest BCUT2D eigenvalue weighted by molar-refractivity contribution is 6.00. The largest absolute Gasteiger partial charge is 0.573 e. The summed E-state index contributed by atoms with van der Waals surface area (Å²) in [7, 11) is 0. The number of carbonyl (C=O) groups excluding carboxylic acids is 3. The molecule has 0 atom stereocenters. The van der Waals surface area contributed by atoms with Crippen molar-refractivity contribution in [1.29, 1.82) is 5.26 Å². The van der Waals surface area contributed by atoms with E-state index in [9.17, 15) is 37.6 Å². The molecular formula is C49H45F4N11O7. The molecule has 5 aromatic heterocycles. The topological polar surface area (TPSA) is 205 Å². The lowest BCUT2D eigenvalue weighted by molar-refractivity contribution is -0.274. The number of esters is 1. The van der Waals surface area contributed by atoms with Gasteiger partial charge in [0.25, 0.3) is 5.91 Å². The third-order valence-electron chi connectivity index (χ3n) is 12.0. The number of aromatic nitrogens is 7. The average molecular weight is 976 g/mol. The number of alkyl halides is 3. The maximum absolute atomic E-state index is 15.2. The predicted molar refractivity (Wildman–Crippen MR) is 248 cm³/mol. The summed E-state index contributed by atoms with van der Waals surface area (Å²) < 4.78 is 73.4. The number of piperidine rings is 1. The van der Waals surface area contributed by atoms with Gasteiger partial charge in [-0.15, -0.1) is 13.2 Å². The summed E-state index contributed by atoms with van der Waals surface area (Å²) in [5.41, 5.74) is 1.55. The van der Waals surface area contributed by atoms with Crippen molar-refractivity contribution in [2.45, 2.75) is 78.1 Å². The number of benzene rings is 2. The standard InChI is InChI=1S/C49H45F4N11O7/c1-5-69-44(66)39-40-42(59-45(58-39)57-30-10-13-33(14-11-30)70-49(51,52)53)64(31-16-20-60(21-17-31)47(68)71-48(2,3)4)46(67)63(40)32-12-15-37(56-25-32)43(65)61-22-18-34-35-7-6-19-55-41(35)62(38(34)27-61)26-29-9-8-28(24-54)23-36(29)50/h6-15,19,23,25,31H,5,16-18,20-22,26-27H2,1-4H3,(H,57,58,59). The normalized spacial score (nSPS) is 14.3. The molecule has 2 aliphatic rings. The lowest BCUT2D eigenvalue weighted by atomic mass is 10.0. The Kier molecular flexibility index (Phi) is 12.7. The summed E-state index contributed by atoms with van der Waals surface area (Å²) in [6.07, 6.45) is -1.43. The van der Waals surface area contributed by atoms with Crippen LogP contribution in [0.25, 0.3) is 27.9 Å². The number of nitrogens with one attached hydrogen (secondary N) is 1. The second-order valence-corrected chi connectivity index (χ2v) is 17.9. The molecule has 0 bridgehead atoms. The Bertz CT molecular complexity index is 3310. The highest BCUT2D eigenvalue weighted by Crippen LogP contribution is 2.34. The molecule has 0 aliphatic carbocycles. The van der Waals surface area contributed by atoms with Crippen LogP contribution in [0.1, 0.15) is 89.9 Å². The Morgan fingerprint density at radius 3 is 2.35 bits per heavy atom. The number of imidazole rings is 1. The Hall–Kier alpha value is -8.35. The number of hydrogen-bond acceptors (Lipinski definition) is 13. The first kappa shape index (κ1) is 47.7. The third-order valence-corrected chi connectivity index (χ3v) is 12.0. The van der Waals surface area contributed by atoms with E-state index >= 15 is 4.39 Å². The zero-order valence-corrected chi connectivity index (χ0v) is 38.8. The zero-order chi connectivity index (χ0) is 50.4. The number of halogens is 4. The number of fused-ring (bicyclic) bond motifs is 4. The molecule has 0 radical (unpaired) electrons. The van der Waals surface area contributed by atoms with Crippen molar-refractivity contribution >= 4 is 51.8 Å². The van der Waals surface area contributed by atoms with Crippen molar-refractivity contribution in [1.82, 2.24) is 43.4 Å². The molecule has 0 spiro atoms. The quantitative estimate of drug-likeness (QED) is 0.102. The van der Waals surface area contributed by atoms with Crippen molar-refractivity contribution < 1.29 is 46.2 Å². The Morgan fingerprint density at radius 1 is 0.930 bits per heavy atom. The number of likely N-dealkylation sites (tertiary alicyclic amines) is 1. The van der Waals surface area contributed by atoms with Crippen LogP contribution in [0.2, 0.25) is 0 Å². The number of amides is 2. The van der Waals surface area contributed by atoms with E-state index in [1.165, 1.54) is 45.7 Å². The average Bonchev–Trinajstić information content (AvgIpc) is 3.81. The first-order valence-corrected chi connectivity index (χ1v) is 22.6.